The molecular formula is C37H33N3O6S. The number of hydrogen-bond donors (Lipinski definition) is 3. The molecule has 0 aliphatic rings. The van der Waals surface area contributed by atoms with Crippen molar-refractivity contribution in [1.82, 2.24) is 5.32 Å². The number of anilines is 2. The van der Waals surface area contributed by atoms with E-state index in [1.54, 1.807) is 54.6 Å². The third kappa shape index (κ3) is 8.30. The van der Waals surface area contributed by atoms with Crippen LogP contribution in [0.2, 0.25) is 0 Å². The Hall–Kier alpha value is -5.74. The quantitative estimate of drug-likeness (QED) is 0.0986. The van der Waals surface area contributed by atoms with Crippen molar-refractivity contribution in [3.05, 3.63) is 126 Å². The highest BCUT2D eigenvalue weighted by molar-refractivity contribution is 8.00. The molecular weight excluding hydrogens is 614 g/mol. The number of carbonyl (C=O) groups excluding carboxylic acids is 3. The smallest absolute Gasteiger partial charge is 0.272 e. The van der Waals surface area contributed by atoms with Crippen molar-refractivity contribution < 1.29 is 28.6 Å². The van der Waals surface area contributed by atoms with Gasteiger partial charge in [0.05, 0.1) is 27.1 Å². The highest BCUT2D eigenvalue weighted by Crippen LogP contribution is 2.38. The zero-order chi connectivity index (χ0) is 33.2. The van der Waals surface area contributed by atoms with Gasteiger partial charge in [0, 0.05) is 27.2 Å². The summed E-state index contributed by atoms with van der Waals surface area (Å²) >= 11 is 1.38. The number of fused-ring (bicyclic) bond motifs is 1. The number of amides is 3. The molecule has 3 amide bonds. The van der Waals surface area contributed by atoms with Gasteiger partial charge in [-0.1, -0.05) is 54.6 Å². The number of carbonyl (C=O) groups is 3. The Balaban J connectivity index is 1.29. The third-order valence-corrected chi connectivity index (χ3v) is 8.08. The largest absolute Gasteiger partial charge is 0.493 e. The van der Waals surface area contributed by atoms with E-state index in [1.165, 1.54) is 39.2 Å². The maximum Gasteiger partial charge on any atom is 0.272 e. The predicted molar refractivity (Wildman–Crippen MR) is 186 cm³/mol. The molecule has 5 aromatic rings. The Labute approximate surface area is 276 Å². The fourth-order valence-corrected chi connectivity index (χ4v) is 5.49. The van der Waals surface area contributed by atoms with E-state index in [-0.39, 0.29) is 17.4 Å². The summed E-state index contributed by atoms with van der Waals surface area (Å²) < 4.78 is 16.3. The lowest BCUT2D eigenvalue weighted by molar-refractivity contribution is -0.114. The second kappa shape index (κ2) is 15.5. The van der Waals surface area contributed by atoms with Gasteiger partial charge in [-0.3, -0.25) is 14.4 Å². The Kier molecular flexibility index (Phi) is 10.8. The number of thioether (sulfide) groups is 1. The van der Waals surface area contributed by atoms with Gasteiger partial charge >= 0.3 is 0 Å². The van der Waals surface area contributed by atoms with E-state index < -0.39 is 11.8 Å². The number of hydrogen-bond acceptors (Lipinski definition) is 7. The SMILES string of the molecule is COc1cc(/C=C(\NC(=O)c2ccccc2)C(=O)Nc2ccc(SCC(=O)Nc3cccc4ccccc34)cc2)cc(OC)c1OC. The summed E-state index contributed by atoms with van der Waals surface area (Å²) in [4.78, 5) is 40.2. The van der Waals surface area contributed by atoms with Crippen LogP contribution in [0.5, 0.6) is 17.2 Å². The van der Waals surface area contributed by atoms with Gasteiger partial charge < -0.3 is 30.2 Å². The van der Waals surface area contributed by atoms with E-state index in [2.05, 4.69) is 16.0 Å². The molecule has 5 aromatic carbocycles. The highest BCUT2D eigenvalue weighted by Gasteiger charge is 2.18. The molecule has 5 rings (SSSR count). The van der Waals surface area contributed by atoms with E-state index in [9.17, 15) is 14.4 Å². The average Bonchev–Trinajstić information content (AvgIpc) is 3.11. The van der Waals surface area contributed by atoms with Crippen molar-refractivity contribution in [3.8, 4) is 17.2 Å². The van der Waals surface area contributed by atoms with Crippen LogP contribution in [0.4, 0.5) is 11.4 Å². The van der Waals surface area contributed by atoms with Crippen LogP contribution in [0, 0.1) is 0 Å². The zero-order valence-electron chi connectivity index (χ0n) is 26.0. The molecule has 0 aliphatic carbocycles. The van der Waals surface area contributed by atoms with Crippen LogP contribution in [0.3, 0.4) is 0 Å². The summed E-state index contributed by atoms with van der Waals surface area (Å²) in [7, 11) is 4.49. The number of ether oxygens (including phenoxy) is 3. The second-order valence-corrected chi connectivity index (χ2v) is 11.2. The van der Waals surface area contributed by atoms with Crippen LogP contribution in [-0.2, 0) is 9.59 Å². The summed E-state index contributed by atoms with van der Waals surface area (Å²) in [6.45, 7) is 0. The molecule has 3 N–H and O–H groups in total. The number of methoxy groups -OCH3 is 3. The standard InChI is InChI=1S/C37H33N3O6S/c1-44-32-21-24(22-33(45-2)35(32)46-3)20-31(40-36(42)26-11-5-4-6-12-26)37(43)38-27-16-18-28(19-17-27)47-23-34(41)39-30-15-9-13-25-10-7-8-14-29(25)30/h4-22H,23H2,1-3H3,(H,38,43)(H,39,41)(H,40,42)/b31-20-. The molecule has 0 bridgehead atoms. The van der Waals surface area contributed by atoms with E-state index in [1.807, 2.05) is 54.6 Å². The predicted octanol–water partition coefficient (Wildman–Crippen LogP) is 7.01. The summed E-state index contributed by atoms with van der Waals surface area (Å²) in [5.41, 5.74) is 2.19. The summed E-state index contributed by atoms with van der Waals surface area (Å²) in [6, 6.07) is 32.7. The van der Waals surface area contributed by atoms with Gasteiger partial charge in [-0.15, -0.1) is 11.8 Å². The fraction of sp³-hybridized carbons (Fsp3) is 0.108. The molecule has 0 fully saturated rings. The van der Waals surface area contributed by atoms with Gasteiger partial charge in [0.2, 0.25) is 11.7 Å². The fourth-order valence-electron chi connectivity index (χ4n) is 4.80. The van der Waals surface area contributed by atoms with E-state index >= 15 is 0 Å². The van der Waals surface area contributed by atoms with Gasteiger partial charge in [0.1, 0.15) is 5.70 Å². The van der Waals surface area contributed by atoms with Crippen molar-refractivity contribution in [3.63, 3.8) is 0 Å². The van der Waals surface area contributed by atoms with E-state index in [0.717, 1.165) is 21.4 Å². The summed E-state index contributed by atoms with van der Waals surface area (Å²) in [5, 5.41) is 10.6. The summed E-state index contributed by atoms with van der Waals surface area (Å²) in [5.74, 6) is 0.278. The second-order valence-electron chi connectivity index (χ2n) is 10.2. The molecule has 0 atom stereocenters. The van der Waals surface area contributed by atoms with Crippen LogP contribution >= 0.6 is 11.8 Å². The first-order chi connectivity index (χ1) is 22.9. The number of nitrogens with one attached hydrogen (secondary N) is 3. The minimum atomic E-state index is -0.544. The molecule has 0 spiro atoms. The van der Waals surface area contributed by atoms with Crippen molar-refractivity contribution in [2.75, 3.05) is 37.7 Å². The summed E-state index contributed by atoms with van der Waals surface area (Å²) in [6.07, 6.45) is 1.53. The van der Waals surface area contributed by atoms with Crippen LogP contribution in [0.25, 0.3) is 16.8 Å². The molecule has 0 saturated heterocycles. The lowest BCUT2D eigenvalue weighted by atomic mass is 10.1. The topological polar surface area (TPSA) is 115 Å². The molecule has 9 nitrogen and oxygen atoms in total. The van der Waals surface area contributed by atoms with Gasteiger partial charge in [0.25, 0.3) is 11.8 Å². The normalized spacial score (nSPS) is 11.0. The molecule has 0 radical (unpaired) electrons. The first-order valence-electron chi connectivity index (χ1n) is 14.6. The van der Waals surface area contributed by atoms with Gasteiger partial charge in [-0.25, -0.2) is 0 Å². The Bertz CT molecular complexity index is 1900. The first-order valence-corrected chi connectivity index (χ1v) is 15.6. The van der Waals surface area contributed by atoms with Crippen LogP contribution in [0.15, 0.2) is 120 Å². The van der Waals surface area contributed by atoms with Crippen LogP contribution < -0.4 is 30.2 Å². The number of benzene rings is 5. The molecule has 238 valence electrons. The highest BCUT2D eigenvalue weighted by atomic mass is 32.2. The molecule has 0 heterocycles. The van der Waals surface area contributed by atoms with Crippen molar-refractivity contribution in [1.29, 1.82) is 0 Å². The molecule has 10 heteroatoms. The monoisotopic (exact) mass is 647 g/mol. The van der Waals surface area contributed by atoms with Gasteiger partial charge in [-0.2, -0.15) is 0 Å². The molecule has 47 heavy (non-hydrogen) atoms. The first kappa shape index (κ1) is 32.6. The molecule has 0 aliphatic heterocycles. The van der Waals surface area contributed by atoms with Crippen LogP contribution in [-0.4, -0.2) is 44.8 Å². The molecule has 0 aromatic heterocycles. The Morgan fingerprint density at radius 1 is 0.723 bits per heavy atom. The third-order valence-electron chi connectivity index (χ3n) is 7.07. The molecule has 0 unspecified atom stereocenters. The van der Waals surface area contributed by atoms with Crippen molar-refractivity contribution in [2.24, 2.45) is 0 Å². The lowest BCUT2D eigenvalue weighted by Gasteiger charge is -2.15. The molecule has 0 saturated carbocycles. The maximum absolute atomic E-state index is 13.5. The van der Waals surface area contributed by atoms with Crippen LogP contribution in [0.1, 0.15) is 15.9 Å². The van der Waals surface area contributed by atoms with Gasteiger partial charge in [0.15, 0.2) is 11.5 Å². The van der Waals surface area contributed by atoms with E-state index in [4.69, 9.17) is 14.2 Å². The van der Waals surface area contributed by atoms with Crippen molar-refractivity contribution >= 4 is 57.7 Å². The van der Waals surface area contributed by atoms with Crippen molar-refractivity contribution in [2.45, 2.75) is 4.90 Å². The minimum absolute atomic E-state index is 0.00307. The van der Waals surface area contributed by atoms with E-state index in [0.29, 0.717) is 34.1 Å². The average molecular weight is 648 g/mol. The number of rotatable bonds is 12. The van der Waals surface area contributed by atoms with Gasteiger partial charge in [-0.05, 0) is 71.6 Å². The minimum Gasteiger partial charge on any atom is -0.493 e. The Morgan fingerprint density at radius 2 is 1.38 bits per heavy atom. The maximum atomic E-state index is 13.5. The Morgan fingerprint density at radius 3 is 2.06 bits per heavy atom. The lowest BCUT2D eigenvalue weighted by Crippen LogP contribution is -2.30. The zero-order valence-corrected chi connectivity index (χ0v) is 26.9.